The van der Waals surface area contributed by atoms with Crippen LogP contribution in [0.25, 0.3) is 11.3 Å². The molecule has 0 bridgehead atoms. The summed E-state index contributed by atoms with van der Waals surface area (Å²) in [7, 11) is 0. The lowest BCUT2D eigenvalue weighted by Crippen LogP contribution is -1.70. The second kappa shape index (κ2) is 2.54. The van der Waals surface area contributed by atoms with Gasteiger partial charge in [0.25, 0.3) is 0 Å². The van der Waals surface area contributed by atoms with Gasteiger partial charge in [0.15, 0.2) is 5.76 Å². The minimum absolute atomic E-state index is 0.668. The Balaban J connectivity index is 2.46. The van der Waals surface area contributed by atoms with Crippen LogP contribution in [0.4, 0.5) is 0 Å². The van der Waals surface area contributed by atoms with Gasteiger partial charge in [-0.25, -0.2) is 0 Å². The molecule has 1 radical (unpaired) electrons. The first kappa shape index (κ1) is 6.09. The molecule has 2 rings (SSSR count). The normalized spacial score (nSPS) is 9.82. The second-order valence-corrected chi connectivity index (χ2v) is 2.07. The third-order valence-electron chi connectivity index (χ3n) is 1.35. The highest BCUT2D eigenvalue weighted by atomic mass is 16.5. The molecule has 0 saturated heterocycles. The Bertz CT molecular complexity index is 315. The maximum atomic E-state index is 4.84. The van der Waals surface area contributed by atoms with E-state index in [0.29, 0.717) is 5.76 Å². The molecule has 3 nitrogen and oxygen atoms in total. The number of hydrogen-bond donors (Lipinski definition) is 0. The van der Waals surface area contributed by atoms with Crippen LogP contribution < -0.4 is 0 Å². The first-order valence-corrected chi connectivity index (χ1v) is 3.20. The van der Waals surface area contributed by atoms with Gasteiger partial charge in [-0.2, -0.15) is 0 Å². The van der Waals surface area contributed by atoms with Crippen LogP contribution in [-0.2, 0) is 0 Å². The number of aromatic nitrogens is 2. The van der Waals surface area contributed by atoms with Crippen LogP contribution in [0.5, 0.6) is 0 Å². The zero-order valence-corrected chi connectivity index (χ0v) is 5.69. The van der Waals surface area contributed by atoms with Crippen molar-refractivity contribution in [2.45, 2.75) is 0 Å². The quantitative estimate of drug-likeness (QED) is 0.610. The highest BCUT2D eigenvalue weighted by Gasteiger charge is 1.99. The van der Waals surface area contributed by atoms with Crippen LogP contribution in [0.2, 0.25) is 0 Å². The molecule has 0 atom stereocenters. The summed E-state index contributed by atoms with van der Waals surface area (Å²) < 4.78 is 4.84. The van der Waals surface area contributed by atoms with Crippen molar-refractivity contribution < 1.29 is 4.52 Å². The van der Waals surface area contributed by atoms with Gasteiger partial charge in [-0.05, 0) is 12.1 Å². The zero-order chi connectivity index (χ0) is 7.52. The van der Waals surface area contributed by atoms with Gasteiger partial charge >= 0.3 is 0 Å². The molecule has 0 aliphatic heterocycles. The third kappa shape index (κ3) is 1.12. The van der Waals surface area contributed by atoms with E-state index in [2.05, 4.69) is 16.4 Å². The van der Waals surface area contributed by atoms with Crippen molar-refractivity contribution in [3.05, 3.63) is 36.5 Å². The molecule has 0 amide bonds. The maximum absolute atomic E-state index is 4.84. The van der Waals surface area contributed by atoms with Gasteiger partial charge in [-0.1, -0.05) is 18.2 Å². The predicted molar refractivity (Wildman–Crippen MR) is 38.6 cm³/mol. The summed E-state index contributed by atoms with van der Waals surface area (Å²) in [5.41, 5.74) is 0.942. The van der Waals surface area contributed by atoms with Crippen LogP contribution in [0.15, 0.2) is 35.0 Å². The summed E-state index contributed by atoms with van der Waals surface area (Å²) in [6.45, 7) is 0. The molecule has 0 aliphatic carbocycles. The van der Waals surface area contributed by atoms with Crippen molar-refractivity contribution in [3.63, 3.8) is 0 Å². The average molecular weight is 145 g/mol. The molecule has 11 heavy (non-hydrogen) atoms. The molecule has 3 heteroatoms. The smallest absolute Gasteiger partial charge is 0.187 e. The molecular weight excluding hydrogens is 140 g/mol. The average Bonchev–Trinajstić information content (AvgIpc) is 2.58. The number of benzene rings is 1. The van der Waals surface area contributed by atoms with Gasteiger partial charge in [0, 0.05) is 10.8 Å². The second-order valence-electron chi connectivity index (χ2n) is 2.07. The van der Waals surface area contributed by atoms with E-state index in [1.165, 1.54) is 0 Å². The summed E-state index contributed by atoms with van der Waals surface area (Å²) in [6, 6.07) is 10.4. The molecule has 53 valence electrons. The van der Waals surface area contributed by atoms with E-state index in [9.17, 15) is 0 Å². The standard InChI is InChI=1S/C8H5N2O/c1-2-4-7(5-3-1)8-6-9-10-11-8/h1-2,4-6H. The highest BCUT2D eigenvalue weighted by molar-refractivity contribution is 5.54. The Hall–Kier alpha value is -1.64. The Labute approximate surface area is 63.6 Å². The van der Waals surface area contributed by atoms with Crippen LogP contribution in [-0.4, -0.2) is 10.4 Å². The van der Waals surface area contributed by atoms with Gasteiger partial charge < -0.3 is 4.52 Å². The summed E-state index contributed by atoms with van der Waals surface area (Å²) in [4.78, 5) is 0. The van der Waals surface area contributed by atoms with Crippen LogP contribution in [0.1, 0.15) is 0 Å². The Morgan fingerprint density at radius 2 is 2.45 bits per heavy atom. The summed E-state index contributed by atoms with van der Waals surface area (Å²) in [5, 5.41) is 6.93. The summed E-state index contributed by atoms with van der Waals surface area (Å²) in [6.07, 6.45) is 1.57. The van der Waals surface area contributed by atoms with Crippen molar-refractivity contribution in [1.82, 2.24) is 10.4 Å². The van der Waals surface area contributed by atoms with Gasteiger partial charge in [-0.15, -0.1) is 5.10 Å². The van der Waals surface area contributed by atoms with Gasteiger partial charge in [0.1, 0.15) is 0 Å². The maximum Gasteiger partial charge on any atom is 0.187 e. The van der Waals surface area contributed by atoms with E-state index in [0.717, 1.165) is 5.56 Å². The number of rotatable bonds is 1. The molecule has 1 aromatic heterocycles. The predicted octanol–water partition coefficient (Wildman–Crippen LogP) is 1.54. The molecule has 0 spiro atoms. The molecule has 0 aliphatic rings. The van der Waals surface area contributed by atoms with Crippen molar-refractivity contribution in [2.24, 2.45) is 0 Å². The van der Waals surface area contributed by atoms with Crippen molar-refractivity contribution >= 4 is 0 Å². The first-order chi connectivity index (χ1) is 5.47. The van der Waals surface area contributed by atoms with E-state index >= 15 is 0 Å². The lowest BCUT2D eigenvalue weighted by molar-refractivity contribution is 0.403. The van der Waals surface area contributed by atoms with E-state index in [-0.39, 0.29) is 0 Å². The fraction of sp³-hybridized carbons (Fsp3) is 0. The molecule has 0 N–H and O–H groups in total. The fourth-order valence-electron chi connectivity index (χ4n) is 0.841. The Morgan fingerprint density at radius 1 is 1.45 bits per heavy atom. The van der Waals surface area contributed by atoms with Crippen LogP contribution in [0.3, 0.4) is 0 Å². The monoisotopic (exact) mass is 145 g/mol. The molecule has 0 saturated carbocycles. The molecule has 1 aromatic carbocycles. The van der Waals surface area contributed by atoms with Crippen LogP contribution in [0, 0.1) is 6.07 Å². The topological polar surface area (TPSA) is 38.9 Å². The van der Waals surface area contributed by atoms with E-state index in [1.807, 2.05) is 24.3 Å². The van der Waals surface area contributed by atoms with Crippen molar-refractivity contribution in [2.75, 3.05) is 0 Å². The van der Waals surface area contributed by atoms with Gasteiger partial charge in [0.2, 0.25) is 0 Å². The van der Waals surface area contributed by atoms with Gasteiger partial charge in [0.05, 0.1) is 6.20 Å². The zero-order valence-electron chi connectivity index (χ0n) is 5.69. The van der Waals surface area contributed by atoms with Gasteiger partial charge in [-0.3, -0.25) is 0 Å². The van der Waals surface area contributed by atoms with Crippen molar-refractivity contribution in [3.8, 4) is 11.3 Å². The minimum atomic E-state index is 0.668. The van der Waals surface area contributed by atoms with Crippen molar-refractivity contribution in [1.29, 1.82) is 0 Å². The fourth-order valence-corrected chi connectivity index (χ4v) is 0.841. The SMILES string of the molecule is [c]1cccc(-c2cnno2)c1. The lowest BCUT2D eigenvalue weighted by atomic mass is 10.2. The molecule has 2 aromatic rings. The van der Waals surface area contributed by atoms with Crippen LogP contribution >= 0.6 is 0 Å². The summed E-state index contributed by atoms with van der Waals surface area (Å²) >= 11 is 0. The largest absolute Gasteiger partial charge is 0.337 e. The van der Waals surface area contributed by atoms with E-state index in [1.54, 1.807) is 6.20 Å². The molecule has 1 heterocycles. The first-order valence-electron chi connectivity index (χ1n) is 3.20. The molecule has 0 fully saturated rings. The number of hydrogen-bond acceptors (Lipinski definition) is 3. The third-order valence-corrected chi connectivity index (χ3v) is 1.35. The lowest BCUT2D eigenvalue weighted by Gasteiger charge is -1.89. The summed E-state index contributed by atoms with van der Waals surface area (Å²) in [5.74, 6) is 0.668. The van der Waals surface area contributed by atoms with E-state index < -0.39 is 0 Å². The molecule has 0 unspecified atom stereocenters. The minimum Gasteiger partial charge on any atom is -0.337 e. The Kier molecular flexibility index (Phi) is 1.41. The highest BCUT2D eigenvalue weighted by Crippen LogP contribution is 2.15. The molecular formula is C8H5N2O. The Morgan fingerprint density at radius 3 is 3.09 bits per heavy atom. The van der Waals surface area contributed by atoms with E-state index in [4.69, 9.17) is 4.52 Å². The number of nitrogens with zero attached hydrogens (tertiary/aromatic N) is 2.